The quantitative estimate of drug-likeness (QED) is 0.326. The van der Waals surface area contributed by atoms with Crippen LogP contribution < -0.4 is 5.32 Å². The molecule has 0 saturated heterocycles. The van der Waals surface area contributed by atoms with E-state index >= 15 is 0 Å². The number of non-ortho nitro benzene ring substituents is 1. The molecule has 0 atom stereocenters. The summed E-state index contributed by atoms with van der Waals surface area (Å²) in [6.07, 6.45) is 3.09. The van der Waals surface area contributed by atoms with Gasteiger partial charge in [-0.3, -0.25) is 19.6 Å². The lowest BCUT2D eigenvalue weighted by Crippen LogP contribution is -2.14. The number of nitro benzene ring substituents is 1. The van der Waals surface area contributed by atoms with Crippen molar-refractivity contribution in [3.8, 4) is 0 Å². The van der Waals surface area contributed by atoms with Gasteiger partial charge in [0.25, 0.3) is 5.69 Å². The van der Waals surface area contributed by atoms with E-state index in [2.05, 4.69) is 20.4 Å². The van der Waals surface area contributed by atoms with Crippen LogP contribution in [-0.2, 0) is 11.8 Å². The minimum absolute atomic E-state index is 0.0256. The van der Waals surface area contributed by atoms with Crippen molar-refractivity contribution in [1.29, 1.82) is 0 Å². The van der Waals surface area contributed by atoms with Crippen LogP contribution in [0.15, 0.2) is 41.8 Å². The van der Waals surface area contributed by atoms with Gasteiger partial charge in [0.15, 0.2) is 5.65 Å². The van der Waals surface area contributed by atoms with E-state index in [0.717, 1.165) is 5.39 Å². The third-order valence-electron chi connectivity index (χ3n) is 3.19. The van der Waals surface area contributed by atoms with Gasteiger partial charge in [0, 0.05) is 24.9 Å². The zero-order valence-corrected chi connectivity index (χ0v) is 13.4. The minimum atomic E-state index is -0.490. The standard InChI is InChI=1S/C14H12N6O3S/c1-19-13-11(6-17-19)14(16-8-15-13)24-7-12(21)18-9-2-4-10(5-3-9)20(22)23/h2-6,8H,7H2,1H3,(H,18,21). The Kier molecular flexibility index (Phi) is 4.38. The summed E-state index contributed by atoms with van der Waals surface area (Å²) in [5.41, 5.74) is 1.17. The van der Waals surface area contributed by atoms with Crippen molar-refractivity contribution < 1.29 is 9.72 Å². The lowest BCUT2D eigenvalue weighted by atomic mass is 10.3. The van der Waals surface area contributed by atoms with Crippen LogP contribution in [0.1, 0.15) is 0 Å². The van der Waals surface area contributed by atoms with E-state index in [1.165, 1.54) is 42.4 Å². The molecule has 1 aromatic carbocycles. The highest BCUT2D eigenvalue weighted by molar-refractivity contribution is 8.00. The number of amides is 1. The van der Waals surface area contributed by atoms with Gasteiger partial charge in [0.2, 0.25) is 5.91 Å². The van der Waals surface area contributed by atoms with E-state index in [-0.39, 0.29) is 17.3 Å². The molecule has 2 heterocycles. The molecule has 0 unspecified atom stereocenters. The molecular formula is C14H12N6O3S. The summed E-state index contributed by atoms with van der Waals surface area (Å²) in [5.74, 6) is -0.0812. The number of nitro groups is 1. The second-order valence-electron chi connectivity index (χ2n) is 4.83. The summed E-state index contributed by atoms with van der Waals surface area (Å²) in [7, 11) is 1.78. The van der Waals surface area contributed by atoms with Crippen molar-refractivity contribution in [2.45, 2.75) is 5.03 Å². The average molecular weight is 344 g/mol. The van der Waals surface area contributed by atoms with Gasteiger partial charge in [-0.15, -0.1) is 0 Å². The molecule has 0 bridgehead atoms. The van der Waals surface area contributed by atoms with E-state index in [9.17, 15) is 14.9 Å². The lowest BCUT2D eigenvalue weighted by Gasteiger charge is -2.05. The van der Waals surface area contributed by atoms with Crippen LogP contribution in [-0.4, -0.2) is 36.3 Å². The van der Waals surface area contributed by atoms with Gasteiger partial charge in [-0.2, -0.15) is 5.10 Å². The summed E-state index contributed by atoms with van der Waals surface area (Å²) in [6, 6.07) is 5.66. The summed E-state index contributed by atoms with van der Waals surface area (Å²) in [5, 5.41) is 18.9. The Labute approximate surface area is 140 Å². The summed E-state index contributed by atoms with van der Waals surface area (Å²) in [6.45, 7) is 0. The number of nitrogens with zero attached hydrogens (tertiary/aromatic N) is 5. The molecule has 122 valence electrons. The molecule has 0 aliphatic heterocycles. The first-order valence-electron chi connectivity index (χ1n) is 6.84. The number of carbonyl (C=O) groups excluding carboxylic acids is 1. The Hall–Kier alpha value is -3.01. The smallest absolute Gasteiger partial charge is 0.269 e. The number of rotatable bonds is 5. The fourth-order valence-electron chi connectivity index (χ4n) is 2.05. The highest BCUT2D eigenvalue weighted by Gasteiger charge is 2.11. The van der Waals surface area contributed by atoms with Gasteiger partial charge in [-0.1, -0.05) is 11.8 Å². The zero-order valence-electron chi connectivity index (χ0n) is 12.5. The summed E-state index contributed by atoms with van der Waals surface area (Å²) < 4.78 is 1.64. The maximum Gasteiger partial charge on any atom is 0.269 e. The third kappa shape index (κ3) is 3.33. The molecule has 3 rings (SSSR count). The van der Waals surface area contributed by atoms with E-state index in [4.69, 9.17) is 0 Å². The maximum atomic E-state index is 12.0. The van der Waals surface area contributed by atoms with Gasteiger partial charge >= 0.3 is 0 Å². The Morgan fingerprint density at radius 1 is 1.33 bits per heavy atom. The van der Waals surface area contributed by atoms with Crippen molar-refractivity contribution in [2.75, 3.05) is 11.1 Å². The van der Waals surface area contributed by atoms with Crippen molar-refractivity contribution >= 4 is 40.1 Å². The van der Waals surface area contributed by atoms with Gasteiger partial charge in [-0.05, 0) is 12.1 Å². The number of benzene rings is 1. The number of nitrogens with one attached hydrogen (secondary N) is 1. The fraction of sp³-hybridized carbons (Fsp3) is 0.143. The van der Waals surface area contributed by atoms with Crippen molar-refractivity contribution in [3.63, 3.8) is 0 Å². The largest absolute Gasteiger partial charge is 0.325 e. The molecule has 0 fully saturated rings. The monoisotopic (exact) mass is 344 g/mol. The first-order valence-corrected chi connectivity index (χ1v) is 7.83. The van der Waals surface area contributed by atoms with E-state index in [0.29, 0.717) is 16.4 Å². The normalized spacial score (nSPS) is 10.7. The van der Waals surface area contributed by atoms with Crippen LogP contribution >= 0.6 is 11.8 Å². The SMILES string of the molecule is Cn1ncc2c(SCC(=O)Nc3ccc([N+](=O)[O-])cc3)ncnc21. The second-order valence-corrected chi connectivity index (χ2v) is 5.79. The van der Waals surface area contributed by atoms with E-state index < -0.39 is 4.92 Å². The molecule has 2 aromatic heterocycles. The molecule has 0 aliphatic rings. The Morgan fingerprint density at radius 3 is 2.79 bits per heavy atom. The van der Waals surface area contributed by atoms with Crippen LogP contribution in [0.2, 0.25) is 0 Å². The van der Waals surface area contributed by atoms with Crippen LogP contribution in [0, 0.1) is 10.1 Å². The molecule has 9 nitrogen and oxygen atoms in total. The zero-order chi connectivity index (χ0) is 17.1. The predicted molar refractivity (Wildman–Crippen MR) is 88.8 cm³/mol. The number of hydrogen-bond acceptors (Lipinski definition) is 7. The van der Waals surface area contributed by atoms with E-state index in [1.54, 1.807) is 17.9 Å². The predicted octanol–water partition coefficient (Wildman–Crippen LogP) is 2.00. The average Bonchev–Trinajstić information content (AvgIpc) is 2.95. The number of thioether (sulfide) groups is 1. The first-order chi connectivity index (χ1) is 11.5. The molecule has 24 heavy (non-hydrogen) atoms. The maximum absolute atomic E-state index is 12.0. The number of carbonyl (C=O) groups is 1. The van der Waals surface area contributed by atoms with Crippen molar-refractivity contribution in [2.24, 2.45) is 7.05 Å². The number of fused-ring (bicyclic) bond motifs is 1. The summed E-state index contributed by atoms with van der Waals surface area (Å²) in [4.78, 5) is 30.4. The fourth-order valence-corrected chi connectivity index (χ4v) is 2.81. The first kappa shape index (κ1) is 15.9. The van der Waals surface area contributed by atoms with Crippen LogP contribution in [0.3, 0.4) is 0 Å². The van der Waals surface area contributed by atoms with Gasteiger partial charge < -0.3 is 5.32 Å². The molecule has 0 spiro atoms. The molecule has 3 aromatic rings. The molecule has 1 amide bonds. The Balaban J connectivity index is 1.63. The van der Waals surface area contributed by atoms with Crippen LogP contribution in [0.4, 0.5) is 11.4 Å². The van der Waals surface area contributed by atoms with Gasteiger partial charge in [0.05, 0.1) is 22.3 Å². The molecule has 0 saturated carbocycles. The summed E-state index contributed by atoms with van der Waals surface area (Å²) >= 11 is 1.27. The second kappa shape index (κ2) is 6.62. The van der Waals surface area contributed by atoms with Gasteiger partial charge in [0.1, 0.15) is 11.4 Å². The Bertz CT molecular complexity index is 909. The lowest BCUT2D eigenvalue weighted by molar-refractivity contribution is -0.384. The van der Waals surface area contributed by atoms with Crippen molar-refractivity contribution in [1.82, 2.24) is 19.7 Å². The van der Waals surface area contributed by atoms with Gasteiger partial charge in [-0.25, -0.2) is 9.97 Å². The van der Waals surface area contributed by atoms with Crippen molar-refractivity contribution in [3.05, 3.63) is 46.9 Å². The minimum Gasteiger partial charge on any atom is -0.325 e. The number of anilines is 1. The molecule has 1 N–H and O–H groups in total. The molecular weight excluding hydrogens is 332 g/mol. The number of hydrogen-bond donors (Lipinski definition) is 1. The van der Waals surface area contributed by atoms with Crippen LogP contribution in [0.5, 0.6) is 0 Å². The molecule has 0 radical (unpaired) electrons. The third-order valence-corrected chi connectivity index (χ3v) is 4.20. The van der Waals surface area contributed by atoms with E-state index in [1.807, 2.05) is 0 Å². The van der Waals surface area contributed by atoms with Crippen LogP contribution in [0.25, 0.3) is 11.0 Å². The topological polar surface area (TPSA) is 116 Å². The molecule has 10 heteroatoms. The molecule has 0 aliphatic carbocycles. The highest BCUT2D eigenvalue weighted by Crippen LogP contribution is 2.24. The number of aryl methyl sites for hydroxylation is 1. The number of aromatic nitrogens is 4. The highest BCUT2D eigenvalue weighted by atomic mass is 32.2. The Morgan fingerprint density at radius 2 is 2.08 bits per heavy atom.